The van der Waals surface area contributed by atoms with Gasteiger partial charge in [0.1, 0.15) is 11.8 Å². The monoisotopic (exact) mass is 399 g/mol. The normalized spacial score (nSPS) is 11.9. The quantitative estimate of drug-likeness (QED) is 0.575. The van der Waals surface area contributed by atoms with E-state index in [0.29, 0.717) is 17.1 Å². The number of hydrogen-bond donors (Lipinski definition) is 1. The van der Waals surface area contributed by atoms with E-state index < -0.39 is 17.9 Å². The predicted octanol–water partition coefficient (Wildman–Crippen LogP) is 2.84. The van der Waals surface area contributed by atoms with E-state index in [1.807, 2.05) is 6.07 Å². The van der Waals surface area contributed by atoms with Gasteiger partial charge >= 0.3 is 5.97 Å². The molecule has 152 valence electrons. The molecule has 0 fully saturated rings. The van der Waals surface area contributed by atoms with Crippen LogP contribution in [0.25, 0.3) is 11.4 Å². The van der Waals surface area contributed by atoms with Gasteiger partial charge in [-0.3, -0.25) is 4.79 Å². The van der Waals surface area contributed by atoms with Crippen molar-refractivity contribution in [2.75, 3.05) is 7.11 Å². The molecule has 1 aromatic carbocycles. The molecule has 0 aliphatic rings. The Morgan fingerprint density at radius 1 is 1.21 bits per heavy atom. The van der Waals surface area contributed by atoms with E-state index in [0.717, 1.165) is 0 Å². The van der Waals surface area contributed by atoms with Gasteiger partial charge in [0.15, 0.2) is 12.4 Å². The number of carbonyl (C=O) groups is 2. The summed E-state index contributed by atoms with van der Waals surface area (Å²) in [5.74, 6) is -0.0469. The topological polar surface area (TPSA) is 117 Å². The smallest absolute Gasteiger partial charge is 0.329 e. The summed E-state index contributed by atoms with van der Waals surface area (Å²) in [6, 6.07) is 9.42. The second-order valence-corrected chi connectivity index (χ2v) is 6.52. The lowest BCUT2D eigenvalue weighted by Crippen LogP contribution is -2.45. The molecule has 1 amide bonds. The van der Waals surface area contributed by atoms with Gasteiger partial charge < -0.3 is 23.7 Å². The van der Waals surface area contributed by atoms with Crippen molar-refractivity contribution in [2.45, 2.75) is 26.5 Å². The van der Waals surface area contributed by atoms with Crippen LogP contribution in [0.4, 0.5) is 0 Å². The zero-order valence-corrected chi connectivity index (χ0v) is 16.2. The number of hydrogen-bond acceptors (Lipinski definition) is 8. The van der Waals surface area contributed by atoms with E-state index in [4.69, 9.17) is 18.4 Å². The van der Waals surface area contributed by atoms with Crippen molar-refractivity contribution in [1.82, 2.24) is 15.5 Å². The Morgan fingerprint density at radius 3 is 2.72 bits per heavy atom. The van der Waals surface area contributed by atoms with Crippen LogP contribution in [0, 0.1) is 5.92 Å². The summed E-state index contributed by atoms with van der Waals surface area (Å²) in [5, 5.41) is 6.50. The minimum Gasteiger partial charge on any atom is -0.497 e. The average Bonchev–Trinajstić information content (AvgIpc) is 3.42. The molecule has 9 nitrogen and oxygen atoms in total. The third kappa shape index (κ3) is 5.01. The molecule has 1 atom stereocenters. The lowest BCUT2D eigenvalue weighted by Gasteiger charge is -2.19. The van der Waals surface area contributed by atoms with Gasteiger partial charge in [0, 0.05) is 5.56 Å². The summed E-state index contributed by atoms with van der Waals surface area (Å²) in [7, 11) is 1.57. The van der Waals surface area contributed by atoms with E-state index in [9.17, 15) is 9.59 Å². The van der Waals surface area contributed by atoms with Crippen molar-refractivity contribution in [3.05, 3.63) is 54.3 Å². The van der Waals surface area contributed by atoms with Gasteiger partial charge in [-0.1, -0.05) is 31.1 Å². The molecular weight excluding hydrogens is 378 g/mol. The number of ether oxygens (including phenoxy) is 2. The van der Waals surface area contributed by atoms with Crippen LogP contribution >= 0.6 is 0 Å². The van der Waals surface area contributed by atoms with Crippen LogP contribution in [0.2, 0.25) is 0 Å². The summed E-state index contributed by atoms with van der Waals surface area (Å²) >= 11 is 0. The highest BCUT2D eigenvalue weighted by atomic mass is 16.6. The number of nitrogens with zero attached hydrogens (tertiary/aromatic N) is 2. The predicted molar refractivity (Wildman–Crippen MR) is 101 cm³/mol. The van der Waals surface area contributed by atoms with Crippen molar-refractivity contribution in [3.63, 3.8) is 0 Å². The number of amides is 1. The number of aromatic nitrogens is 2. The molecule has 0 aliphatic carbocycles. The van der Waals surface area contributed by atoms with E-state index >= 15 is 0 Å². The highest BCUT2D eigenvalue weighted by Crippen LogP contribution is 2.21. The number of benzene rings is 1. The Kier molecular flexibility index (Phi) is 6.28. The molecule has 1 N–H and O–H groups in total. The Morgan fingerprint density at radius 2 is 2.03 bits per heavy atom. The molecule has 0 aliphatic heterocycles. The minimum atomic E-state index is -0.853. The number of esters is 1. The fraction of sp³-hybridized carbons (Fsp3) is 0.300. The second kappa shape index (κ2) is 9.05. The maximum absolute atomic E-state index is 12.4. The first-order valence-corrected chi connectivity index (χ1v) is 8.96. The molecular formula is C20H21N3O6. The van der Waals surface area contributed by atoms with Crippen LogP contribution < -0.4 is 10.1 Å². The summed E-state index contributed by atoms with van der Waals surface area (Å²) < 4.78 is 20.6. The van der Waals surface area contributed by atoms with Crippen molar-refractivity contribution in [1.29, 1.82) is 0 Å². The Labute approximate surface area is 167 Å². The number of nitrogens with one attached hydrogen (secondary N) is 1. The molecule has 0 unspecified atom stereocenters. The molecule has 0 radical (unpaired) electrons. The van der Waals surface area contributed by atoms with E-state index in [2.05, 4.69) is 15.5 Å². The SMILES string of the molecule is COc1cccc(-c2noc(COC(=O)[C@@H](NC(=O)c3ccco3)C(C)C)n2)c1. The molecule has 0 bridgehead atoms. The van der Waals surface area contributed by atoms with Crippen molar-refractivity contribution < 1.29 is 28.0 Å². The molecule has 0 saturated heterocycles. The van der Waals surface area contributed by atoms with Crippen LogP contribution in [0.1, 0.15) is 30.3 Å². The Bertz CT molecular complexity index is 964. The number of carbonyl (C=O) groups excluding carboxylic acids is 2. The average molecular weight is 399 g/mol. The number of furan rings is 1. The molecule has 29 heavy (non-hydrogen) atoms. The molecule has 0 spiro atoms. The summed E-state index contributed by atoms with van der Waals surface area (Å²) in [5.41, 5.74) is 0.705. The fourth-order valence-corrected chi connectivity index (χ4v) is 2.53. The maximum Gasteiger partial charge on any atom is 0.329 e. The van der Waals surface area contributed by atoms with E-state index in [1.165, 1.54) is 12.3 Å². The third-order valence-corrected chi connectivity index (χ3v) is 4.09. The molecule has 9 heteroatoms. The lowest BCUT2D eigenvalue weighted by atomic mass is 10.0. The zero-order valence-electron chi connectivity index (χ0n) is 16.2. The Balaban J connectivity index is 1.61. The van der Waals surface area contributed by atoms with Crippen LogP contribution in [-0.4, -0.2) is 35.2 Å². The molecule has 3 rings (SSSR count). The van der Waals surface area contributed by atoms with Crippen molar-refractivity contribution in [3.8, 4) is 17.1 Å². The molecule has 0 saturated carbocycles. The van der Waals surface area contributed by atoms with E-state index in [-0.39, 0.29) is 24.2 Å². The van der Waals surface area contributed by atoms with Crippen LogP contribution in [-0.2, 0) is 16.1 Å². The van der Waals surface area contributed by atoms with Gasteiger partial charge in [-0.15, -0.1) is 0 Å². The summed E-state index contributed by atoms with van der Waals surface area (Å²) in [4.78, 5) is 28.8. The maximum atomic E-state index is 12.4. The Hall–Kier alpha value is -3.62. The van der Waals surface area contributed by atoms with Gasteiger partial charge in [-0.2, -0.15) is 4.98 Å². The first-order chi connectivity index (χ1) is 14.0. The number of methoxy groups -OCH3 is 1. The minimum absolute atomic E-state index is 0.114. The van der Waals surface area contributed by atoms with Crippen LogP contribution in [0.3, 0.4) is 0 Å². The standard InChI is InChI=1S/C20H21N3O6/c1-12(2)17(22-19(24)15-8-5-9-27-15)20(25)28-11-16-21-18(23-29-16)13-6-4-7-14(10-13)26-3/h4-10,12,17H,11H2,1-3H3,(H,22,24)/t17-/m0/s1. The largest absolute Gasteiger partial charge is 0.497 e. The third-order valence-electron chi connectivity index (χ3n) is 4.09. The van der Waals surface area contributed by atoms with Crippen LogP contribution in [0.5, 0.6) is 5.75 Å². The molecule has 3 aromatic rings. The zero-order chi connectivity index (χ0) is 20.8. The number of rotatable bonds is 8. The first kappa shape index (κ1) is 20.1. The van der Waals surface area contributed by atoms with Gasteiger partial charge in [0.25, 0.3) is 11.8 Å². The molecule has 2 heterocycles. The van der Waals surface area contributed by atoms with Gasteiger partial charge in [0.2, 0.25) is 5.82 Å². The summed E-state index contributed by atoms with van der Waals surface area (Å²) in [6.45, 7) is 3.37. The second-order valence-electron chi connectivity index (χ2n) is 6.52. The van der Waals surface area contributed by atoms with Crippen LogP contribution in [0.15, 0.2) is 51.6 Å². The fourth-order valence-electron chi connectivity index (χ4n) is 2.53. The molecule has 2 aromatic heterocycles. The highest BCUT2D eigenvalue weighted by molar-refractivity contribution is 5.94. The van der Waals surface area contributed by atoms with Gasteiger partial charge in [-0.25, -0.2) is 4.79 Å². The summed E-state index contributed by atoms with van der Waals surface area (Å²) in [6.07, 6.45) is 1.38. The van der Waals surface area contributed by atoms with Crippen molar-refractivity contribution in [2.24, 2.45) is 5.92 Å². The van der Waals surface area contributed by atoms with E-state index in [1.54, 1.807) is 45.2 Å². The highest BCUT2D eigenvalue weighted by Gasteiger charge is 2.27. The van der Waals surface area contributed by atoms with Gasteiger partial charge in [-0.05, 0) is 30.2 Å². The van der Waals surface area contributed by atoms with Crippen molar-refractivity contribution >= 4 is 11.9 Å². The van der Waals surface area contributed by atoms with Gasteiger partial charge in [0.05, 0.1) is 13.4 Å². The lowest BCUT2D eigenvalue weighted by molar-refractivity contribution is -0.149. The first-order valence-electron chi connectivity index (χ1n) is 8.96.